The summed E-state index contributed by atoms with van der Waals surface area (Å²) in [5.41, 5.74) is -0.115. The van der Waals surface area contributed by atoms with Gasteiger partial charge in [0.25, 0.3) is 0 Å². The predicted molar refractivity (Wildman–Crippen MR) is 107 cm³/mol. The Morgan fingerprint density at radius 1 is 1.11 bits per heavy atom. The second kappa shape index (κ2) is 9.35. The van der Waals surface area contributed by atoms with Crippen LogP contribution in [0.5, 0.6) is 0 Å². The van der Waals surface area contributed by atoms with E-state index in [2.05, 4.69) is 40.8 Å². The van der Waals surface area contributed by atoms with Crippen molar-refractivity contribution >= 4 is 5.91 Å². The van der Waals surface area contributed by atoms with Crippen LogP contribution in [0.3, 0.4) is 0 Å². The van der Waals surface area contributed by atoms with Gasteiger partial charge in [0.15, 0.2) is 0 Å². The Bertz CT molecular complexity index is 632. The molecule has 1 atom stereocenters. The normalized spacial score (nSPS) is 23.0. The molecule has 0 N–H and O–H groups in total. The molecule has 3 rings (SSSR count). The number of nitrogens with zero attached hydrogens (tertiary/aromatic N) is 4. The maximum atomic E-state index is 12.6. The number of amides is 1. The Balaban J connectivity index is 1.56. The van der Waals surface area contributed by atoms with Gasteiger partial charge in [-0.3, -0.25) is 9.69 Å². The minimum absolute atomic E-state index is 0.115. The summed E-state index contributed by atoms with van der Waals surface area (Å²) in [7, 11) is 1.60. The summed E-state index contributed by atoms with van der Waals surface area (Å²) in [6.07, 6.45) is 6.90. The van der Waals surface area contributed by atoms with Crippen molar-refractivity contribution in [2.24, 2.45) is 5.92 Å². The predicted octanol–water partition coefficient (Wildman–Crippen LogP) is 3.00. The average molecular weight is 393 g/mol. The second-order valence-corrected chi connectivity index (χ2v) is 9.30. The van der Waals surface area contributed by atoms with E-state index in [1.54, 1.807) is 7.11 Å². The maximum Gasteiger partial charge on any atom is 0.248 e. The molecule has 1 amide bonds. The van der Waals surface area contributed by atoms with Crippen LogP contribution in [-0.2, 0) is 21.5 Å². The largest absolute Gasteiger partial charge is 0.423 e. The summed E-state index contributed by atoms with van der Waals surface area (Å²) < 4.78 is 11.0. The molecule has 7 nitrogen and oxygen atoms in total. The van der Waals surface area contributed by atoms with Gasteiger partial charge in [-0.25, -0.2) is 0 Å². The molecule has 0 unspecified atom stereocenters. The first-order valence-electron chi connectivity index (χ1n) is 10.7. The molecule has 28 heavy (non-hydrogen) atoms. The van der Waals surface area contributed by atoms with Crippen molar-refractivity contribution in [1.82, 2.24) is 20.0 Å². The molecule has 0 spiro atoms. The molecule has 2 aliphatic heterocycles. The lowest BCUT2D eigenvalue weighted by Gasteiger charge is -2.40. The first-order valence-corrected chi connectivity index (χ1v) is 10.7. The molecule has 0 radical (unpaired) electrons. The SMILES string of the molecule is COCC(=O)N1CCCCC[C@@H]1C1CCN(Cc2nnc(C(C)(C)C)o2)CC1. The quantitative estimate of drug-likeness (QED) is 0.767. The van der Waals surface area contributed by atoms with E-state index >= 15 is 0 Å². The van der Waals surface area contributed by atoms with Crippen molar-refractivity contribution in [1.29, 1.82) is 0 Å². The van der Waals surface area contributed by atoms with Gasteiger partial charge in [0.2, 0.25) is 17.7 Å². The molecule has 0 saturated carbocycles. The Labute approximate surface area is 168 Å². The van der Waals surface area contributed by atoms with Crippen LogP contribution in [0.15, 0.2) is 4.42 Å². The van der Waals surface area contributed by atoms with E-state index in [9.17, 15) is 4.79 Å². The van der Waals surface area contributed by atoms with Crippen molar-refractivity contribution in [2.75, 3.05) is 33.4 Å². The molecular weight excluding hydrogens is 356 g/mol. The van der Waals surface area contributed by atoms with Crippen LogP contribution in [-0.4, -0.2) is 65.3 Å². The number of aromatic nitrogens is 2. The van der Waals surface area contributed by atoms with Gasteiger partial charge in [-0.05, 0) is 44.7 Å². The summed E-state index contributed by atoms with van der Waals surface area (Å²) in [5, 5.41) is 8.43. The van der Waals surface area contributed by atoms with E-state index in [0.29, 0.717) is 30.3 Å². The Hall–Kier alpha value is -1.47. The number of methoxy groups -OCH3 is 1. The minimum Gasteiger partial charge on any atom is -0.423 e. The van der Waals surface area contributed by atoms with E-state index in [4.69, 9.17) is 9.15 Å². The third-order valence-electron chi connectivity index (χ3n) is 6.03. The Morgan fingerprint density at radius 3 is 2.50 bits per heavy atom. The van der Waals surface area contributed by atoms with Crippen molar-refractivity contribution in [3.05, 3.63) is 11.8 Å². The molecule has 1 aromatic rings. The van der Waals surface area contributed by atoms with Crippen molar-refractivity contribution in [3.8, 4) is 0 Å². The lowest BCUT2D eigenvalue weighted by atomic mass is 9.86. The van der Waals surface area contributed by atoms with Gasteiger partial charge in [0.05, 0.1) is 6.54 Å². The van der Waals surface area contributed by atoms with Crippen molar-refractivity contribution in [2.45, 2.75) is 77.3 Å². The average Bonchev–Trinajstić information content (AvgIpc) is 2.99. The first kappa shape index (κ1) is 21.2. The second-order valence-electron chi connectivity index (χ2n) is 9.30. The van der Waals surface area contributed by atoms with Gasteiger partial charge >= 0.3 is 0 Å². The van der Waals surface area contributed by atoms with Crippen LogP contribution in [0, 0.1) is 5.92 Å². The third kappa shape index (κ3) is 5.32. The van der Waals surface area contributed by atoms with Gasteiger partial charge in [-0.15, -0.1) is 10.2 Å². The Morgan fingerprint density at radius 2 is 1.86 bits per heavy atom. The summed E-state index contributed by atoms with van der Waals surface area (Å²) >= 11 is 0. The fraction of sp³-hybridized carbons (Fsp3) is 0.857. The summed E-state index contributed by atoms with van der Waals surface area (Å²) in [6.45, 7) is 10.1. The van der Waals surface area contributed by atoms with Crippen LogP contribution in [0.2, 0.25) is 0 Å². The van der Waals surface area contributed by atoms with Crippen LogP contribution < -0.4 is 0 Å². The summed E-state index contributed by atoms with van der Waals surface area (Å²) in [5.74, 6) is 2.12. The highest BCUT2D eigenvalue weighted by atomic mass is 16.5. The van der Waals surface area contributed by atoms with Crippen LogP contribution >= 0.6 is 0 Å². The lowest BCUT2D eigenvalue weighted by molar-refractivity contribution is -0.139. The number of ether oxygens (including phenoxy) is 1. The van der Waals surface area contributed by atoms with Gasteiger partial charge in [-0.1, -0.05) is 33.6 Å². The number of hydrogen-bond acceptors (Lipinski definition) is 6. The molecule has 0 bridgehead atoms. The zero-order chi connectivity index (χ0) is 20.1. The molecule has 2 saturated heterocycles. The third-order valence-corrected chi connectivity index (χ3v) is 6.03. The zero-order valence-corrected chi connectivity index (χ0v) is 17.9. The molecule has 1 aromatic heterocycles. The molecule has 7 heteroatoms. The van der Waals surface area contributed by atoms with Crippen LogP contribution in [0.4, 0.5) is 0 Å². The molecule has 0 aromatic carbocycles. The van der Waals surface area contributed by atoms with Crippen LogP contribution in [0.1, 0.15) is 71.1 Å². The highest BCUT2D eigenvalue weighted by molar-refractivity contribution is 5.77. The molecule has 2 fully saturated rings. The highest BCUT2D eigenvalue weighted by Gasteiger charge is 2.34. The maximum absolute atomic E-state index is 12.6. The first-order chi connectivity index (χ1) is 13.4. The number of likely N-dealkylation sites (tertiary alicyclic amines) is 2. The molecule has 2 aliphatic rings. The van der Waals surface area contributed by atoms with E-state index < -0.39 is 0 Å². The van der Waals surface area contributed by atoms with Gasteiger partial charge in [0.1, 0.15) is 6.61 Å². The number of hydrogen-bond donors (Lipinski definition) is 0. The number of piperidine rings is 1. The van der Waals surface area contributed by atoms with E-state index in [-0.39, 0.29) is 17.9 Å². The molecule has 0 aliphatic carbocycles. The van der Waals surface area contributed by atoms with E-state index in [1.165, 1.54) is 12.8 Å². The number of carbonyl (C=O) groups excluding carboxylic acids is 1. The monoisotopic (exact) mass is 392 g/mol. The summed E-state index contributed by atoms with van der Waals surface area (Å²) in [6, 6.07) is 0.364. The van der Waals surface area contributed by atoms with Crippen molar-refractivity contribution in [3.63, 3.8) is 0 Å². The van der Waals surface area contributed by atoms with Gasteiger partial charge < -0.3 is 14.1 Å². The standard InChI is InChI=1S/C21H36N4O3/c1-21(2,3)20-23-22-18(28-20)14-24-12-9-16(10-13-24)17-8-6-5-7-11-25(17)19(26)15-27-4/h16-17H,5-15H2,1-4H3/t17-/m1/s1. The molecular formula is C21H36N4O3. The number of carbonyl (C=O) groups is 1. The minimum atomic E-state index is -0.115. The van der Waals surface area contributed by atoms with Crippen molar-refractivity contribution < 1.29 is 13.9 Å². The lowest BCUT2D eigenvalue weighted by Crippen LogP contribution is -2.48. The van der Waals surface area contributed by atoms with Gasteiger partial charge in [0, 0.05) is 25.1 Å². The van der Waals surface area contributed by atoms with E-state index in [1.807, 2.05) is 0 Å². The smallest absolute Gasteiger partial charge is 0.248 e. The summed E-state index contributed by atoms with van der Waals surface area (Å²) in [4.78, 5) is 17.1. The highest BCUT2D eigenvalue weighted by Crippen LogP contribution is 2.31. The van der Waals surface area contributed by atoms with Crippen LogP contribution in [0.25, 0.3) is 0 Å². The van der Waals surface area contributed by atoms with E-state index in [0.717, 1.165) is 45.3 Å². The topological polar surface area (TPSA) is 71.7 Å². The van der Waals surface area contributed by atoms with Gasteiger partial charge in [-0.2, -0.15) is 0 Å². The molecule has 158 valence electrons. The number of rotatable bonds is 5. The zero-order valence-electron chi connectivity index (χ0n) is 17.9. The Kier molecular flexibility index (Phi) is 7.10. The fourth-order valence-electron chi connectivity index (χ4n) is 4.45. The molecule has 3 heterocycles. The fourth-order valence-corrected chi connectivity index (χ4v) is 4.45.